The minimum atomic E-state index is -0.910. The summed E-state index contributed by atoms with van der Waals surface area (Å²) in [6.45, 7) is 6.02. The van der Waals surface area contributed by atoms with Gasteiger partial charge in [0.25, 0.3) is 17.4 Å². The van der Waals surface area contributed by atoms with Gasteiger partial charge in [-0.1, -0.05) is 25.3 Å². The summed E-state index contributed by atoms with van der Waals surface area (Å²) >= 11 is 0. The highest BCUT2D eigenvalue weighted by atomic mass is 16.2. The van der Waals surface area contributed by atoms with Crippen LogP contribution in [0.25, 0.3) is 0 Å². The molecule has 0 aliphatic heterocycles. The van der Waals surface area contributed by atoms with Gasteiger partial charge in [-0.25, -0.2) is 0 Å². The molecule has 1 aromatic heterocycles. The van der Waals surface area contributed by atoms with Crippen molar-refractivity contribution in [2.45, 2.75) is 64.5 Å². The van der Waals surface area contributed by atoms with Crippen LogP contribution >= 0.6 is 0 Å². The number of rotatable bonds is 8. The fraction of sp³-hybridized carbons (Fsp3) is 0.478. The molecule has 0 radical (unpaired) electrons. The van der Waals surface area contributed by atoms with Gasteiger partial charge in [-0.2, -0.15) is 4.98 Å². The number of hydrogen-bond acceptors (Lipinski definition) is 7. The minimum absolute atomic E-state index is 0.00739. The van der Waals surface area contributed by atoms with Crippen LogP contribution in [0.3, 0.4) is 0 Å². The highest BCUT2D eigenvalue weighted by molar-refractivity contribution is 5.99. The van der Waals surface area contributed by atoms with Gasteiger partial charge in [0.15, 0.2) is 5.82 Å². The summed E-state index contributed by atoms with van der Waals surface area (Å²) in [6, 6.07) is 5.10. The average Bonchev–Trinajstić information content (AvgIpc) is 2.73. The fourth-order valence-corrected chi connectivity index (χ4v) is 3.94. The number of anilines is 3. The second kappa shape index (κ2) is 10.0. The first kappa shape index (κ1) is 24.2. The lowest BCUT2D eigenvalue weighted by Gasteiger charge is -2.33. The molecular weight excluding hydrogens is 422 g/mol. The SMILES string of the molecule is Cc1ccc(C(=O)NC(C)C)cc1Nc1nc(NCC2(N)CCCCC2)[nH]c(=O)c1C(N)=O. The number of primary amides is 1. The van der Waals surface area contributed by atoms with Crippen LogP contribution in [0.1, 0.15) is 72.2 Å². The minimum Gasteiger partial charge on any atom is -0.365 e. The Balaban J connectivity index is 1.90. The standard InChI is InChI=1S/C23H33N7O3/c1-13(2)27-20(32)15-8-7-14(3)16(11-15)28-19-17(18(24)31)21(33)30-22(29-19)26-12-23(25)9-5-4-6-10-23/h7-8,11,13H,4-6,9-10,12,25H2,1-3H3,(H2,24,31)(H,27,32)(H3,26,28,29,30,33). The summed E-state index contributed by atoms with van der Waals surface area (Å²) in [5, 5.41) is 8.96. The Bertz CT molecular complexity index is 1090. The van der Waals surface area contributed by atoms with Gasteiger partial charge in [-0.15, -0.1) is 0 Å². The number of carbonyl (C=O) groups excluding carboxylic acids is 2. The van der Waals surface area contributed by atoms with E-state index in [1.165, 1.54) is 6.42 Å². The van der Waals surface area contributed by atoms with Crippen LogP contribution in [0.5, 0.6) is 0 Å². The molecule has 0 unspecified atom stereocenters. The number of nitrogens with zero attached hydrogens (tertiary/aromatic N) is 1. The number of aryl methyl sites for hydroxylation is 1. The maximum absolute atomic E-state index is 12.6. The molecule has 178 valence electrons. The molecule has 0 atom stereocenters. The average molecular weight is 456 g/mol. The number of benzene rings is 1. The molecule has 1 fully saturated rings. The molecule has 1 aliphatic carbocycles. The van der Waals surface area contributed by atoms with Crippen molar-refractivity contribution in [2.75, 3.05) is 17.2 Å². The van der Waals surface area contributed by atoms with Crippen molar-refractivity contribution in [3.8, 4) is 0 Å². The number of hydrogen-bond donors (Lipinski definition) is 6. The topological polar surface area (TPSA) is 168 Å². The van der Waals surface area contributed by atoms with E-state index in [1.807, 2.05) is 20.8 Å². The Hall–Kier alpha value is -3.40. The van der Waals surface area contributed by atoms with Crippen molar-refractivity contribution in [3.05, 3.63) is 45.2 Å². The lowest BCUT2D eigenvalue weighted by Crippen LogP contribution is -2.48. The van der Waals surface area contributed by atoms with Crippen molar-refractivity contribution in [2.24, 2.45) is 11.5 Å². The van der Waals surface area contributed by atoms with Crippen molar-refractivity contribution in [3.63, 3.8) is 0 Å². The monoisotopic (exact) mass is 455 g/mol. The van der Waals surface area contributed by atoms with Gasteiger partial charge in [0.1, 0.15) is 5.56 Å². The number of nitrogens with two attached hydrogens (primary N) is 2. The fourth-order valence-electron chi connectivity index (χ4n) is 3.94. The van der Waals surface area contributed by atoms with Gasteiger partial charge in [-0.3, -0.25) is 19.4 Å². The summed E-state index contributed by atoms with van der Waals surface area (Å²) in [5.41, 5.74) is 12.4. The summed E-state index contributed by atoms with van der Waals surface area (Å²) < 4.78 is 0. The molecule has 1 aliphatic rings. The number of nitrogens with one attached hydrogen (secondary N) is 4. The third-order valence-corrected chi connectivity index (χ3v) is 5.80. The molecule has 33 heavy (non-hydrogen) atoms. The van der Waals surface area contributed by atoms with E-state index in [1.54, 1.807) is 18.2 Å². The van der Waals surface area contributed by atoms with Gasteiger partial charge in [0.05, 0.1) is 0 Å². The van der Waals surface area contributed by atoms with E-state index in [-0.39, 0.29) is 34.8 Å². The molecule has 0 spiro atoms. The Kier molecular flexibility index (Phi) is 7.37. The second-order valence-electron chi connectivity index (χ2n) is 9.06. The smallest absolute Gasteiger partial charge is 0.267 e. The number of H-pyrrole nitrogens is 1. The molecule has 0 bridgehead atoms. The van der Waals surface area contributed by atoms with E-state index >= 15 is 0 Å². The van der Waals surface area contributed by atoms with Crippen molar-refractivity contribution >= 4 is 29.3 Å². The maximum Gasteiger partial charge on any atom is 0.267 e. The van der Waals surface area contributed by atoms with E-state index in [9.17, 15) is 14.4 Å². The van der Waals surface area contributed by atoms with Crippen LogP contribution in [0.2, 0.25) is 0 Å². The molecule has 1 saturated carbocycles. The van der Waals surface area contributed by atoms with E-state index in [4.69, 9.17) is 11.5 Å². The first-order valence-corrected chi connectivity index (χ1v) is 11.2. The Morgan fingerprint density at radius 3 is 2.55 bits per heavy atom. The third-order valence-electron chi connectivity index (χ3n) is 5.80. The number of aromatic nitrogens is 2. The lowest BCUT2D eigenvalue weighted by molar-refractivity contribution is 0.0942. The quantitative estimate of drug-likeness (QED) is 0.354. The summed E-state index contributed by atoms with van der Waals surface area (Å²) in [6.07, 6.45) is 5.08. The first-order chi connectivity index (χ1) is 15.6. The largest absolute Gasteiger partial charge is 0.365 e. The van der Waals surface area contributed by atoms with E-state index in [0.29, 0.717) is 17.8 Å². The summed E-state index contributed by atoms with van der Waals surface area (Å²) in [7, 11) is 0. The maximum atomic E-state index is 12.6. The molecule has 10 heteroatoms. The molecule has 1 aromatic carbocycles. The van der Waals surface area contributed by atoms with Gasteiger partial charge >= 0.3 is 0 Å². The van der Waals surface area contributed by atoms with Crippen molar-refractivity contribution in [1.82, 2.24) is 15.3 Å². The molecule has 1 heterocycles. The van der Waals surface area contributed by atoms with Crippen LogP contribution in [0.4, 0.5) is 17.5 Å². The molecule has 10 nitrogen and oxygen atoms in total. The van der Waals surface area contributed by atoms with Gasteiger partial charge in [0.2, 0.25) is 5.95 Å². The highest BCUT2D eigenvalue weighted by Crippen LogP contribution is 2.26. The molecule has 8 N–H and O–H groups in total. The molecule has 2 aromatic rings. The molecule has 0 saturated heterocycles. The zero-order chi connectivity index (χ0) is 24.2. The Morgan fingerprint density at radius 1 is 1.21 bits per heavy atom. The van der Waals surface area contributed by atoms with Gasteiger partial charge in [0, 0.05) is 29.4 Å². The van der Waals surface area contributed by atoms with Gasteiger partial charge < -0.3 is 27.4 Å². The van der Waals surface area contributed by atoms with Crippen molar-refractivity contribution < 1.29 is 9.59 Å². The van der Waals surface area contributed by atoms with Crippen LogP contribution in [0.15, 0.2) is 23.0 Å². The van der Waals surface area contributed by atoms with Crippen LogP contribution < -0.4 is 33.0 Å². The number of aromatic amines is 1. The highest BCUT2D eigenvalue weighted by Gasteiger charge is 2.27. The van der Waals surface area contributed by atoms with Crippen LogP contribution in [0, 0.1) is 6.92 Å². The number of carbonyl (C=O) groups is 2. The zero-order valence-electron chi connectivity index (χ0n) is 19.4. The first-order valence-electron chi connectivity index (χ1n) is 11.2. The van der Waals surface area contributed by atoms with Crippen molar-refractivity contribution in [1.29, 1.82) is 0 Å². The molecular formula is C23H33N7O3. The second-order valence-corrected chi connectivity index (χ2v) is 9.06. The van der Waals surface area contributed by atoms with Crippen LogP contribution in [-0.4, -0.2) is 39.9 Å². The summed E-state index contributed by atoms with van der Waals surface area (Å²) in [5.74, 6) is -0.945. The zero-order valence-corrected chi connectivity index (χ0v) is 19.4. The van der Waals surface area contributed by atoms with Gasteiger partial charge in [-0.05, 0) is 51.3 Å². The Morgan fingerprint density at radius 2 is 1.91 bits per heavy atom. The van der Waals surface area contributed by atoms with Crippen LogP contribution in [-0.2, 0) is 0 Å². The lowest BCUT2D eigenvalue weighted by atomic mass is 9.82. The third kappa shape index (κ3) is 6.10. The van der Waals surface area contributed by atoms with E-state index in [0.717, 1.165) is 31.2 Å². The number of amides is 2. The molecule has 2 amide bonds. The normalized spacial score (nSPS) is 15.2. The summed E-state index contributed by atoms with van der Waals surface area (Å²) in [4.78, 5) is 44.0. The predicted molar refractivity (Wildman–Crippen MR) is 129 cm³/mol. The van der Waals surface area contributed by atoms with E-state index < -0.39 is 11.5 Å². The van der Waals surface area contributed by atoms with E-state index in [2.05, 4.69) is 25.9 Å². The Labute approximate surface area is 192 Å². The predicted octanol–water partition coefficient (Wildman–Crippen LogP) is 2.13. The molecule has 3 rings (SSSR count).